The first-order chi connectivity index (χ1) is 15.6. The van der Waals surface area contributed by atoms with Crippen LogP contribution in [0.25, 0.3) is 11.4 Å². The molecule has 0 saturated carbocycles. The smallest absolute Gasteiger partial charge is 0.241 e. The second kappa shape index (κ2) is 10.9. The van der Waals surface area contributed by atoms with Crippen molar-refractivity contribution < 1.29 is 9.32 Å². The van der Waals surface area contributed by atoms with E-state index in [1.54, 1.807) is 0 Å². The molecule has 1 atom stereocenters. The van der Waals surface area contributed by atoms with Gasteiger partial charge in [0.1, 0.15) is 0 Å². The number of halogens is 1. The number of likely N-dealkylation sites (tertiary alicyclic amines) is 1. The highest BCUT2D eigenvalue weighted by Gasteiger charge is 2.26. The van der Waals surface area contributed by atoms with Crippen molar-refractivity contribution in [3.8, 4) is 11.4 Å². The van der Waals surface area contributed by atoms with Crippen LogP contribution in [0.5, 0.6) is 0 Å². The fourth-order valence-electron chi connectivity index (χ4n) is 4.18. The molecule has 3 aromatic rings. The minimum Gasteiger partial charge on any atom is -0.356 e. The second-order valence-corrected chi connectivity index (χ2v) is 9.40. The molecule has 7 heteroatoms. The number of carbonyl (C=O) groups excluding carboxylic acids is 1. The van der Waals surface area contributed by atoms with Gasteiger partial charge in [0.15, 0.2) is 0 Å². The molecule has 0 aliphatic carbocycles. The number of rotatable bonds is 8. The first-order valence-electron chi connectivity index (χ1n) is 11.2. The summed E-state index contributed by atoms with van der Waals surface area (Å²) < 4.78 is 6.45. The van der Waals surface area contributed by atoms with E-state index in [4.69, 9.17) is 4.52 Å². The molecule has 2 heterocycles. The predicted molar refractivity (Wildman–Crippen MR) is 128 cm³/mol. The molecule has 1 fully saturated rings. The Morgan fingerprint density at radius 1 is 1.25 bits per heavy atom. The van der Waals surface area contributed by atoms with Crippen LogP contribution in [0.1, 0.15) is 36.3 Å². The molecule has 1 N–H and O–H groups in total. The Morgan fingerprint density at radius 2 is 2.12 bits per heavy atom. The van der Waals surface area contributed by atoms with Gasteiger partial charge in [0, 0.05) is 23.1 Å². The predicted octanol–water partition coefficient (Wildman–Crippen LogP) is 4.77. The second-order valence-electron chi connectivity index (χ2n) is 8.48. The molecule has 0 spiro atoms. The first-order valence-corrected chi connectivity index (χ1v) is 12.0. The number of amides is 1. The fourth-order valence-corrected chi connectivity index (χ4v) is 4.58. The molecule has 168 valence electrons. The van der Waals surface area contributed by atoms with E-state index in [0.29, 0.717) is 24.8 Å². The van der Waals surface area contributed by atoms with Crippen LogP contribution >= 0.6 is 15.9 Å². The Balaban J connectivity index is 1.24. The topological polar surface area (TPSA) is 71.3 Å². The molecule has 6 nitrogen and oxygen atoms in total. The zero-order valence-corrected chi connectivity index (χ0v) is 20.0. The van der Waals surface area contributed by atoms with E-state index < -0.39 is 0 Å². The number of carbonyl (C=O) groups is 1. The van der Waals surface area contributed by atoms with Gasteiger partial charge in [-0.2, -0.15) is 4.98 Å². The summed E-state index contributed by atoms with van der Waals surface area (Å²) in [6.07, 6.45) is 3.85. The molecule has 1 saturated heterocycles. The number of aryl methyl sites for hydroxylation is 2. The third kappa shape index (κ3) is 6.26. The third-order valence-electron chi connectivity index (χ3n) is 5.81. The summed E-state index contributed by atoms with van der Waals surface area (Å²) in [7, 11) is 0. The zero-order valence-electron chi connectivity index (χ0n) is 18.4. The minimum absolute atomic E-state index is 0.00944. The zero-order chi connectivity index (χ0) is 22.3. The maximum atomic E-state index is 12.7. The summed E-state index contributed by atoms with van der Waals surface area (Å²) in [4.78, 5) is 19.5. The monoisotopic (exact) mass is 496 g/mol. The van der Waals surface area contributed by atoms with Crippen molar-refractivity contribution in [2.75, 3.05) is 19.6 Å². The summed E-state index contributed by atoms with van der Waals surface area (Å²) in [5.74, 6) is 1.33. The Labute approximate surface area is 197 Å². The Hall–Kier alpha value is -2.51. The van der Waals surface area contributed by atoms with Gasteiger partial charge in [-0.1, -0.05) is 63.0 Å². The number of hydrogen-bond acceptors (Lipinski definition) is 5. The fraction of sp³-hybridized carbons (Fsp3) is 0.400. The van der Waals surface area contributed by atoms with Crippen LogP contribution in [-0.4, -0.2) is 40.6 Å². The molecular formula is C25H29BrN4O2. The maximum Gasteiger partial charge on any atom is 0.241 e. The van der Waals surface area contributed by atoms with Crippen molar-refractivity contribution >= 4 is 21.8 Å². The van der Waals surface area contributed by atoms with Gasteiger partial charge < -0.3 is 9.84 Å². The lowest BCUT2D eigenvalue weighted by molar-refractivity contribution is -0.126. The number of aromatic nitrogens is 2. The van der Waals surface area contributed by atoms with Gasteiger partial charge in [0.25, 0.3) is 0 Å². The number of piperidine rings is 1. The Bertz CT molecular complexity index is 1050. The highest BCUT2D eigenvalue weighted by molar-refractivity contribution is 9.10. The molecule has 2 aromatic carbocycles. The quantitative estimate of drug-likeness (QED) is 0.454. The van der Waals surface area contributed by atoms with Crippen molar-refractivity contribution in [1.82, 2.24) is 20.4 Å². The number of nitrogens with zero attached hydrogens (tertiary/aromatic N) is 3. The highest BCUT2D eigenvalue weighted by Crippen LogP contribution is 2.22. The minimum atomic E-state index is 0.00944. The molecule has 0 radical (unpaired) electrons. The van der Waals surface area contributed by atoms with Gasteiger partial charge >= 0.3 is 0 Å². The van der Waals surface area contributed by atoms with Crippen LogP contribution < -0.4 is 5.32 Å². The summed E-state index contributed by atoms with van der Waals surface area (Å²) in [5.41, 5.74) is 3.51. The van der Waals surface area contributed by atoms with Gasteiger partial charge in [-0.25, -0.2) is 0 Å². The molecule has 4 rings (SSSR count). The molecule has 1 aliphatic rings. The van der Waals surface area contributed by atoms with E-state index in [9.17, 15) is 4.79 Å². The normalized spacial score (nSPS) is 16.8. The summed E-state index contributed by atoms with van der Waals surface area (Å²) in [6.45, 7) is 5.04. The first kappa shape index (κ1) is 22.7. The molecule has 1 unspecified atom stereocenters. The number of benzene rings is 2. The van der Waals surface area contributed by atoms with Gasteiger partial charge in [0.05, 0.1) is 12.5 Å². The molecular weight excluding hydrogens is 468 g/mol. The number of hydrogen-bond donors (Lipinski definition) is 1. The van der Waals surface area contributed by atoms with Crippen LogP contribution in [0.3, 0.4) is 0 Å². The van der Waals surface area contributed by atoms with Crippen molar-refractivity contribution in [2.45, 2.75) is 39.2 Å². The lowest BCUT2D eigenvalue weighted by Crippen LogP contribution is -2.43. The van der Waals surface area contributed by atoms with Crippen LogP contribution in [0.2, 0.25) is 0 Å². The molecule has 1 aromatic heterocycles. The molecule has 0 bridgehead atoms. The maximum absolute atomic E-state index is 12.7. The lowest BCUT2D eigenvalue weighted by atomic mass is 9.97. The van der Waals surface area contributed by atoms with Crippen molar-refractivity contribution in [2.24, 2.45) is 5.92 Å². The molecule has 32 heavy (non-hydrogen) atoms. The third-order valence-corrected chi connectivity index (χ3v) is 6.30. The average molecular weight is 497 g/mol. The van der Waals surface area contributed by atoms with Crippen LogP contribution in [-0.2, 0) is 17.8 Å². The van der Waals surface area contributed by atoms with Crippen LogP contribution in [0, 0.1) is 12.8 Å². The van der Waals surface area contributed by atoms with E-state index in [1.807, 2.05) is 24.3 Å². The summed E-state index contributed by atoms with van der Waals surface area (Å²) in [5, 5.41) is 7.25. The standard InChI is InChI=1S/C25H29BrN4O2/c1-18-6-2-7-19(14-18)8-4-12-27-25(31)21-10-5-13-30(16-21)17-23-28-24(29-32-23)20-9-3-11-22(26)15-20/h2-3,6-7,9,11,14-15,21H,4-5,8,10,12-13,16-17H2,1H3,(H,27,31). The lowest BCUT2D eigenvalue weighted by Gasteiger charge is -2.30. The van der Waals surface area contributed by atoms with E-state index in [2.05, 4.69) is 67.5 Å². The average Bonchev–Trinajstić information content (AvgIpc) is 3.25. The van der Waals surface area contributed by atoms with Gasteiger partial charge in [0.2, 0.25) is 17.6 Å². The number of nitrogens with one attached hydrogen (secondary N) is 1. The van der Waals surface area contributed by atoms with Crippen molar-refractivity contribution in [3.63, 3.8) is 0 Å². The van der Waals surface area contributed by atoms with E-state index in [1.165, 1.54) is 11.1 Å². The highest BCUT2D eigenvalue weighted by atomic mass is 79.9. The van der Waals surface area contributed by atoms with Gasteiger partial charge in [-0.3, -0.25) is 9.69 Å². The Kier molecular flexibility index (Phi) is 7.71. The summed E-state index contributed by atoms with van der Waals surface area (Å²) >= 11 is 3.47. The van der Waals surface area contributed by atoms with Gasteiger partial charge in [-0.15, -0.1) is 0 Å². The SMILES string of the molecule is Cc1cccc(CCCNC(=O)C2CCCN(Cc3nc(-c4cccc(Br)c4)no3)C2)c1. The molecule has 1 aliphatic heterocycles. The molecule has 1 amide bonds. The van der Waals surface area contributed by atoms with Gasteiger partial charge in [-0.05, 0) is 56.8 Å². The van der Waals surface area contributed by atoms with Crippen LogP contribution in [0.4, 0.5) is 0 Å². The van der Waals surface area contributed by atoms with E-state index in [-0.39, 0.29) is 11.8 Å². The summed E-state index contributed by atoms with van der Waals surface area (Å²) in [6, 6.07) is 16.4. The Morgan fingerprint density at radius 3 is 2.97 bits per heavy atom. The van der Waals surface area contributed by atoms with Crippen molar-refractivity contribution in [1.29, 1.82) is 0 Å². The largest absolute Gasteiger partial charge is 0.356 e. The van der Waals surface area contributed by atoms with E-state index >= 15 is 0 Å². The van der Waals surface area contributed by atoms with Crippen LogP contribution in [0.15, 0.2) is 57.5 Å². The van der Waals surface area contributed by atoms with Crippen molar-refractivity contribution in [3.05, 3.63) is 70.0 Å². The van der Waals surface area contributed by atoms with E-state index in [0.717, 1.165) is 48.8 Å².